The maximum atomic E-state index is 4.73. The van der Waals surface area contributed by atoms with Gasteiger partial charge in [0.2, 0.25) is 0 Å². The molecule has 0 atom stereocenters. The van der Waals surface area contributed by atoms with Crippen LogP contribution >= 0.6 is 11.3 Å². The van der Waals surface area contributed by atoms with Crippen molar-refractivity contribution in [2.45, 2.75) is 27.2 Å². The van der Waals surface area contributed by atoms with E-state index in [1.54, 1.807) is 0 Å². The first-order valence-corrected chi connectivity index (χ1v) is 7.98. The number of aryl methyl sites for hydroxylation is 1. The van der Waals surface area contributed by atoms with Gasteiger partial charge in [-0.1, -0.05) is 13.0 Å². The normalized spacial score (nSPS) is 12.5. The van der Waals surface area contributed by atoms with Crippen molar-refractivity contribution in [3.63, 3.8) is 0 Å². The Morgan fingerprint density at radius 3 is 2.76 bits per heavy atom. The van der Waals surface area contributed by atoms with Crippen LogP contribution in [-0.4, -0.2) is 9.97 Å². The van der Waals surface area contributed by atoms with E-state index in [1.165, 1.54) is 26.1 Å². The maximum absolute atomic E-state index is 4.73. The maximum Gasteiger partial charge on any atom is 0.0665 e. The van der Waals surface area contributed by atoms with Crippen LogP contribution in [0.2, 0.25) is 0 Å². The lowest BCUT2D eigenvalue weighted by Gasteiger charge is -2.07. The number of hydrogen-bond donors (Lipinski definition) is 0. The number of allylic oxidation sites excluding steroid dienone is 2. The Balaban J connectivity index is 2.06. The third-order valence-corrected chi connectivity index (χ3v) is 5.04. The lowest BCUT2D eigenvalue weighted by molar-refractivity contribution is 1.02. The summed E-state index contributed by atoms with van der Waals surface area (Å²) in [7, 11) is 0. The van der Waals surface area contributed by atoms with Gasteiger partial charge in [-0.25, -0.2) is 0 Å². The van der Waals surface area contributed by atoms with E-state index >= 15 is 0 Å². The number of thiophene rings is 1. The summed E-state index contributed by atoms with van der Waals surface area (Å²) >= 11 is 1.81. The Bertz CT molecular complexity index is 782. The molecule has 3 rings (SSSR count). The van der Waals surface area contributed by atoms with Gasteiger partial charge in [-0.2, -0.15) is 0 Å². The van der Waals surface area contributed by atoms with Gasteiger partial charge in [-0.3, -0.25) is 9.97 Å². The van der Waals surface area contributed by atoms with Gasteiger partial charge in [-0.05, 0) is 55.7 Å². The number of rotatable bonds is 3. The second-order valence-corrected chi connectivity index (χ2v) is 6.23. The van der Waals surface area contributed by atoms with Gasteiger partial charge >= 0.3 is 0 Å². The lowest BCUT2D eigenvalue weighted by atomic mass is 10.1. The van der Waals surface area contributed by atoms with Gasteiger partial charge in [0.1, 0.15) is 0 Å². The predicted octanol–water partition coefficient (Wildman–Crippen LogP) is 5.20. The molecule has 0 fully saturated rings. The van der Waals surface area contributed by atoms with Crippen molar-refractivity contribution in [2.24, 2.45) is 0 Å². The molecule has 0 aliphatic carbocycles. The number of aromatic nitrogens is 2. The first-order valence-electron chi connectivity index (χ1n) is 7.16. The van der Waals surface area contributed by atoms with Crippen LogP contribution in [0.3, 0.4) is 0 Å². The predicted molar refractivity (Wildman–Crippen MR) is 91.4 cm³/mol. The van der Waals surface area contributed by atoms with Crippen LogP contribution in [0.1, 0.15) is 37.0 Å². The standard InChI is InChI=1S/C18H18N2S/c1-4-15-6-5-7-16(20-15)12(2)13(3)18-10-14-11-19-9-8-17(14)21-18/h5-11H,4H2,1-3H3/b13-12-. The molecule has 0 unspecified atom stereocenters. The number of hydrogen-bond acceptors (Lipinski definition) is 3. The van der Waals surface area contributed by atoms with Crippen LogP contribution in [0.15, 0.2) is 42.7 Å². The largest absolute Gasteiger partial charge is 0.264 e. The van der Waals surface area contributed by atoms with Crippen LogP contribution in [0.25, 0.3) is 21.2 Å². The van der Waals surface area contributed by atoms with Crippen LogP contribution in [-0.2, 0) is 6.42 Å². The molecule has 0 saturated carbocycles. The summed E-state index contributed by atoms with van der Waals surface area (Å²) in [6.45, 7) is 6.46. The molecule has 3 heterocycles. The van der Waals surface area contributed by atoms with E-state index in [9.17, 15) is 0 Å². The SMILES string of the molecule is CCc1cccc(/C(C)=C(/C)c2cc3cnccc3s2)n1. The average molecular weight is 294 g/mol. The average Bonchev–Trinajstić information content (AvgIpc) is 2.97. The van der Waals surface area contributed by atoms with Gasteiger partial charge in [0, 0.05) is 33.1 Å². The highest BCUT2D eigenvalue weighted by atomic mass is 32.1. The molecule has 0 saturated heterocycles. The van der Waals surface area contributed by atoms with Crippen molar-refractivity contribution in [2.75, 3.05) is 0 Å². The van der Waals surface area contributed by atoms with Gasteiger partial charge in [-0.15, -0.1) is 11.3 Å². The fourth-order valence-corrected chi connectivity index (χ4v) is 3.42. The van der Waals surface area contributed by atoms with Crippen molar-refractivity contribution in [1.29, 1.82) is 0 Å². The summed E-state index contributed by atoms with van der Waals surface area (Å²) in [6.07, 6.45) is 4.74. The van der Waals surface area contributed by atoms with E-state index in [2.05, 4.69) is 56.1 Å². The summed E-state index contributed by atoms with van der Waals surface area (Å²) in [5, 5.41) is 1.21. The Kier molecular flexibility index (Phi) is 3.84. The van der Waals surface area contributed by atoms with E-state index < -0.39 is 0 Å². The lowest BCUT2D eigenvalue weighted by Crippen LogP contribution is -1.93. The Morgan fingerprint density at radius 2 is 2.00 bits per heavy atom. The van der Waals surface area contributed by atoms with Crippen LogP contribution < -0.4 is 0 Å². The van der Waals surface area contributed by atoms with Gasteiger partial charge < -0.3 is 0 Å². The third kappa shape index (κ3) is 2.74. The number of fused-ring (bicyclic) bond motifs is 1. The molecule has 0 aromatic carbocycles. The van der Waals surface area contributed by atoms with Gasteiger partial charge in [0.05, 0.1) is 5.69 Å². The minimum absolute atomic E-state index is 0.967. The second kappa shape index (κ2) is 5.78. The zero-order chi connectivity index (χ0) is 14.8. The summed E-state index contributed by atoms with van der Waals surface area (Å²) in [4.78, 5) is 10.2. The molecule has 2 nitrogen and oxygen atoms in total. The highest BCUT2D eigenvalue weighted by Gasteiger charge is 2.08. The van der Waals surface area contributed by atoms with Crippen molar-refractivity contribution in [1.82, 2.24) is 9.97 Å². The van der Waals surface area contributed by atoms with Crippen molar-refractivity contribution >= 4 is 32.6 Å². The fourth-order valence-electron chi connectivity index (χ4n) is 2.33. The minimum atomic E-state index is 0.967. The molecule has 0 radical (unpaired) electrons. The molecular formula is C18H18N2S. The molecule has 3 aromatic rings. The Labute approximate surface area is 129 Å². The van der Waals surface area contributed by atoms with Crippen molar-refractivity contribution in [3.05, 3.63) is 59.0 Å². The van der Waals surface area contributed by atoms with E-state index in [4.69, 9.17) is 4.98 Å². The Morgan fingerprint density at radius 1 is 1.14 bits per heavy atom. The molecule has 106 valence electrons. The molecule has 0 amide bonds. The van der Waals surface area contributed by atoms with E-state index in [0.717, 1.165) is 17.8 Å². The van der Waals surface area contributed by atoms with Crippen LogP contribution in [0.4, 0.5) is 0 Å². The van der Waals surface area contributed by atoms with Crippen LogP contribution in [0, 0.1) is 0 Å². The zero-order valence-corrected chi connectivity index (χ0v) is 13.4. The summed E-state index contributed by atoms with van der Waals surface area (Å²) in [5.74, 6) is 0. The van der Waals surface area contributed by atoms with Crippen molar-refractivity contribution < 1.29 is 0 Å². The molecule has 3 heteroatoms. The van der Waals surface area contributed by atoms with E-state index in [0.29, 0.717) is 0 Å². The first kappa shape index (κ1) is 14.0. The summed E-state index contributed by atoms with van der Waals surface area (Å²) in [5.41, 5.74) is 4.74. The molecule has 3 aromatic heterocycles. The number of pyridine rings is 2. The molecular weight excluding hydrogens is 276 g/mol. The minimum Gasteiger partial charge on any atom is -0.264 e. The highest BCUT2D eigenvalue weighted by Crippen LogP contribution is 2.33. The topological polar surface area (TPSA) is 25.8 Å². The number of nitrogens with zero attached hydrogens (tertiary/aromatic N) is 2. The second-order valence-electron chi connectivity index (χ2n) is 5.14. The fraction of sp³-hybridized carbons (Fsp3) is 0.222. The van der Waals surface area contributed by atoms with E-state index in [1.807, 2.05) is 23.7 Å². The molecule has 0 aliphatic rings. The first-order chi connectivity index (χ1) is 10.2. The highest BCUT2D eigenvalue weighted by molar-refractivity contribution is 7.20. The molecule has 0 bridgehead atoms. The Hall–Kier alpha value is -2.00. The summed E-state index contributed by atoms with van der Waals surface area (Å²) in [6, 6.07) is 10.6. The molecule has 0 N–H and O–H groups in total. The van der Waals surface area contributed by atoms with Gasteiger partial charge in [0.25, 0.3) is 0 Å². The molecule has 21 heavy (non-hydrogen) atoms. The molecule has 0 aliphatic heterocycles. The van der Waals surface area contributed by atoms with Gasteiger partial charge in [0.15, 0.2) is 0 Å². The smallest absolute Gasteiger partial charge is 0.0665 e. The van der Waals surface area contributed by atoms with E-state index in [-0.39, 0.29) is 0 Å². The summed E-state index contributed by atoms with van der Waals surface area (Å²) < 4.78 is 1.28. The third-order valence-electron chi connectivity index (χ3n) is 3.80. The quantitative estimate of drug-likeness (QED) is 0.663. The zero-order valence-electron chi connectivity index (χ0n) is 12.6. The monoisotopic (exact) mass is 294 g/mol. The molecule has 0 spiro atoms. The van der Waals surface area contributed by atoms with Crippen LogP contribution in [0.5, 0.6) is 0 Å². The van der Waals surface area contributed by atoms with Crippen molar-refractivity contribution in [3.8, 4) is 0 Å².